The Bertz CT molecular complexity index is 1120. The number of nitrogens with zero attached hydrogens (tertiary/aromatic N) is 2. The van der Waals surface area contributed by atoms with Crippen molar-refractivity contribution in [2.45, 2.75) is 24.1 Å². The van der Waals surface area contributed by atoms with Gasteiger partial charge in [0.25, 0.3) is 5.56 Å². The van der Waals surface area contributed by atoms with Crippen LogP contribution in [0.1, 0.15) is 5.56 Å². The van der Waals surface area contributed by atoms with Crippen molar-refractivity contribution in [1.82, 2.24) is 9.55 Å². The lowest BCUT2D eigenvalue weighted by molar-refractivity contribution is -0.141. The number of esters is 1. The van der Waals surface area contributed by atoms with Gasteiger partial charge in [0, 0.05) is 5.75 Å². The summed E-state index contributed by atoms with van der Waals surface area (Å²) in [6.07, 6.45) is 0. The van der Waals surface area contributed by atoms with Crippen molar-refractivity contribution in [1.29, 1.82) is 0 Å². The first kappa shape index (κ1) is 21.6. The zero-order valence-corrected chi connectivity index (χ0v) is 16.9. The Labute approximate surface area is 174 Å². The van der Waals surface area contributed by atoms with E-state index in [1.807, 2.05) is 0 Å². The number of carbonyl (C=O) groups is 1. The van der Waals surface area contributed by atoms with Crippen molar-refractivity contribution >= 4 is 28.6 Å². The van der Waals surface area contributed by atoms with Gasteiger partial charge in [-0.1, -0.05) is 30.0 Å². The highest BCUT2D eigenvalue weighted by molar-refractivity contribution is 7.98. The number of hydrogen-bond acceptors (Lipinski definition) is 7. The number of rotatable bonds is 8. The van der Waals surface area contributed by atoms with Crippen LogP contribution >= 0.6 is 11.8 Å². The van der Waals surface area contributed by atoms with E-state index in [0.29, 0.717) is 21.8 Å². The third kappa shape index (κ3) is 4.88. The normalized spacial score (nSPS) is 11.0. The van der Waals surface area contributed by atoms with E-state index in [0.717, 1.165) is 5.56 Å². The third-order valence-corrected chi connectivity index (χ3v) is 5.20. The molecule has 30 heavy (non-hydrogen) atoms. The number of carbonyl (C=O) groups excluding carboxylic acids is 1. The minimum atomic E-state index is -2.96. The molecule has 0 aliphatic carbocycles. The van der Waals surface area contributed by atoms with Gasteiger partial charge in [0.1, 0.15) is 6.54 Å². The van der Waals surface area contributed by atoms with Gasteiger partial charge >= 0.3 is 12.6 Å². The lowest BCUT2D eigenvalue weighted by Gasteiger charge is -2.13. The Morgan fingerprint density at radius 3 is 2.63 bits per heavy atom. The predicted molar refractivity (Wildman–Crippen MR) is 107 cm³/mol. The van der Waals surface area contributed by atoms with Crippen LogP contribution < -0.4 is 15.0 Å². The molecule has 0 atom stereocenters. The molecular weight excluding hydrogens is 418 g/mol. The van der Waals surface area contributed by atoms with E-state index in [1.54, 1.807) is 36.4 Å². The standard InChI is InChI=1S/C20H18F2N2O5S/c1-27-16-9-12(7-8-15(16)29-19(21)22)11-30-20-23-14-6-4-3-5-13(14)18(26)24(20)10-17(25)28-2/h3-9,19H,10-11H2,1-2H3. The van der Waals surface area contributed by atoms with Crippen molar-refractivity contribution in [3.63, 3.8) is 0 Å². The summed E-state index contributed by atoms with van der Waals surface area (Å²) in [6.45, 7) is -3.24. The van der Waals surface area contributed by atoms with Crippen LogP contribution in [-0.2, 0) is 21.8 Å². The average Bonchev–Trinajstić information content (AvgIpc) is 2.74. The average molecular weight is 436 g/mol. The molecule has 3 aromatic rings. The molecule has 0 aliphatic heterocycles. The predicted octanol–water partition coefficient (Wildman–Crippen LogP) is 3.47. The van der Waals surface area contributed by atoms with Gasteiger partial charge in [0.2, 0.25) is 0 Å². The third-order valence-electron chi connectivity index (χ3n) is 4.15. The number of alkyl halides is 2. The SMILES string of the molecule is COC(=O)Cn1c(SCc2ccc(OC(F)F)c(OC)c2)nc2ccccc2c1=O. The largest absolute Gasteiger partial charge is 0.493 e. The molecule has 0 spiro atoms. The van der Waals surface area contributed by atoms with E-state index in [4.69, 9.17) is 4.74 Å². The molecule has 1 heterocycles. The van der Waals surface area contributed by atoms with Gasteiger partial charge < -0.3 is 14.2 Å². The zero-order valence-electron chi connectivity index (χ0n) is 16.1. The molecule has 2 aromatic carbocycles. The fraction of sp³-hybridized carbons (Fsp3) is 0.250. The molecule has 0 fully saturated rings. The molecular formula is C20H18F2N2O5S. The Kier molecular flexibility index (Phi) is 6.88. The van der Waals surface area contributed by atoms with Gasteiger partial charge in [0.05, 0.1) is 25.1 Å². The smallest absolute Gasteiger partial charge is 0.387 e. The second-order valence-corrected chi connectivity index (χ2v) is 6.97. The van der Waals surface area contributed by atoms with Crippen LogP contribution in [0.15, 0.2) is 52.4 Å². The summed E-state index contributed by atoms with van der Waals surface area (Å²) >= 11 is 1.22. The number of halogens is 2. The summed E-state index contributed by atoms with van der Waals surface area (Å²) in [5.74, 6) is -0.150. The van der Waals surface area contributed by atoms with Crippen molar-refractivity contribution < 1.29 is 27.8 Å². The first-order chi connectivity index (χ1) is 14.4. The molecule has 3 rings (SSSR count). The summed E-state index contributed by atoms with van der Waals surface area (Å²) in [7, 11) is 2.59. The number of para-hydroxylation sites is 1. The monoisotopic (exact) mass is 436 g/mol. The van der Waals surface area contributed by atoms with E-state index in [9.17, 15) is 18.4 Å². The van der Waals surface area contributed by atoms with Crippen LogP contribution in [0.25, 0.3) is 10.9 Å². The second-order valence-electron chi connectivity index (χ2n) is 6.03. The molecule has 0 aliphatic rings. The van der Waals surface area contributed by atoms with Gasteiger partial charge in [-0.2, -0.15) is 8.78 Å². The molecule has 0 saturated heterocycles. The van der Waals surface area contributed by atoms with Gasteiger partial charge in [0.15, 0.2) is 16.7 Å². The van der Waals surface area contributed by atoms with Crippen LogP contribution in [0.3, 0.4) is 0 Å². The van der Waals surface area contributed by atoms with Crippen molar-refractivity contribution in [3.8, 4) is 11.5 Å². The topological polar surface area (TPSA) is 79.7 Å². The number of methoxy groups -OCH3 is 2. The first-order valence-electron chi connectivity index (χ1n) is 8.74. The summed E-state index contributed by atoms with van der Waals surface area (Å²) < 4.78 is 40.4. The molecule has 158 valence electrons. The molecule has 0 N–H and O–H groups in total. The highest BCUT2D eigenvalue weighted by atomic mass is 32.2. The lowest BCUT2D eigenvalue weighted by atomic mass is 10.2. The number of ether oxygens (including phenoxy) is 3. The van der Waals surface area contributed by atoms with Crippen LogP contribution in [0.2, 0.25) is 0 Å². The number of thioether (sulfide) groups is 1. The Morgan fingerprint density at radius 2 is 1.93 bits per heavy atom. The molecule has 0 amide bonds. The van der Waals surface area contributed by atoms with Gasteiger partial charge in [-0.05, 0) is 29.8 Å². The van der Waals surface area contributed by atoms with Crippen LogP contribution in [0, 0.1) is 0 Å². The lowest BCUT2D eigenvalue weighted by Crippen LogP contribution is -2.27. The molecule has 0 radical (unpaired) electrons. The highest BCUT2D eigenvalue weighted by Gasteiger charge is 2.16. The summed E-state index contributed by atoms with van der Waals surface area (Å²) in [5.41, 5.74) is 0.877. The fourth-order valence-electron chi connectivity index (χ4n) is 2.73. The van der Waals surface area contributed by atoms with Crippen LogP contribution in [0.4, 0.5) is 8.78 Å². The molecule has 0 unspecified atom stereocenters. The van der Waals surface area contributed by atoms with Crippen molar-refractivity contribution in [2.24, 2.45) is 0 Å². The molecule has 1 aromatic heterocycles. The van der Waals surface area contributed by atoms with Crippen LogP contribution in [-0.4, -0.2) is 36.4 Å². The van der Waals surface area contributed by atoms with Crippen LogP contribution in [0.5, 0.6) is 11.5 Å². The maximum Gasteiger partial charge on any atom is 0.387 e. The summed E-state index contributed by atoms with van der Waals surface area (Å²) in [6, 6.07) is 11.4. The summed E-state index contributed by atoms with van der Waals surface area (Å²) in [5, 5.41) is 0.719. The minimum Gasteiger partial charge on any atom is -0.493 e. The number of fused-ring (bicyclic) bond motifs is 1. The van der Waals surface area contributed by atoms with E-state index in [1.165, 1.54) is 36.6 Å². The van der Waals surface area contributed by atoms with Crippen molar-refractivity contribution in [2.75, 3.05) is 14.2 Å². The Morgan fingerprint density at radius 1 is 1.17 bits per heavy atom. The maximum atomic E-state index is 12.9. The second kappa shape index (κ2) is 9.57. The molecule has 7 nitrogen and oxygen atoms in total. The first-order valence-corrected chi connectivity index (χ1v) is 9.72. The van der Waals surface area contributed by atoms with Crippen molar-refractivity contribution in [3.05, 3.63) is 58.4 Å². The Balaban J connectivity index is 1.92. The van der Waals surface area contributed by atoms with Gasteiger partial charge in [-0.3, -0.25) is 14.2 Å². The Hall–Kier alpha value is -3.14. The molecule has 0 bridgehead atoms. The zero-order chi connectivity index (χ0) is 21.7. The van der Waals surface area contributed by atoms with E-state index >= 15 is 0 Å². The fourth-order valence-corrected chi connectivity index (χ4v) is 3.68. The number of aromatic nitrogens is 2. The minimum absolute atomic E-state index is 0.0762. The van der Waals surface area contributed by atoms with Gasteiger partial charge in [-0.25, -0.2) is 4.98 Å². The highest BCUT2D eigenvalue weighted by Crippen LogP contribution is 2.32. The molecule has 0 saturated carbocycles. The maximum absolute atomic E-state index is 12.9. The van der Waals surface area contributed by atoms with Gasteiger partial charge in [-0.15, -0.1) is 0 Å². The van der Waals surface area contributed by atoms with E-state index < -0.39 is 12.6 Å². The molecule has 10 heteroatoms. The quantitative estimate of drug-likeness (QED) is 0.304. The van der Waals surface area contributed by atoms with E-state index in [-0.39, 0.29) is 23.6 Å². The summed E-state index contributed by atoms with van der Waals surface area (Å²) in [4.78, 5) is 29.1. The number of hydrogen-bond donors (Lipinski definition) is 0. The number of benzene rings is 2. The van der Waals surface area contributed by atoms with E-state index in [2.05, 4.69) is 14.5 Å².